The number of hydrogen-bond acceptors (Lipinski definition) is 25. The second-order valence-electron chi connectivity index (χ2n) is 27.4. The fourth-order valence-electron chi connectivity index (χ4n) is 12.3. The molecule has 0 aromatic rings. The zero-order valence-corrected chi connectivity index (χ0v) is 60.2. The summed E-state index contributed by atoms with van der Waals surface area (Å²) in [6.07, 6.45) is 3.36. The molecular weight excluding hydrogens is 1310 g/mol. The van der Waals surface area contributed by atoms with E-state index in [0.717, 1.165) is 77.2 Å². The van der Waals surface area contributed by atoms with E-state index < -0.39 is 160 Å². The van der Waals surface area contributed by atoms with Crippen LogP contribution in [0.3, 0.4) is 0 Å². The molecule has 580 valence electrons. The van der Waals surface area contributed by atoms with Crippen LogP contribution in [-0.4, -0.2) is 270 Å². The van der Waals surface area contributed by atoms with Crippen LogP contribution in [0.25, 0.3) is 0 Å². The van der Waals surface area contributed by atoms with Crippen LogP contribution in [0.5, 0.6) is 0 Å². The SMILES string of the molecule is COCCCCCCCC(=O)CCCC(=O)CCCCCC(C(=O)NCC(=O)NCCCCCCOC1OC(CO)C(O)C(O)C1C)N(CC(=O)CCC(=O)NCCCCCCOC1OC(CO)C(O)C(O)C1C)CC(=O)CCC(=O)NCCCCCCOC1OC(CO)C(O)C(O)C1C. The van der Waals surface area contributed by atoms with Gasteiger partial charge in [-0.05, 0) is 70.6 Å². The highest BCUT2D eigenvalue weighted by Crippen LogP contribution is 2.30. The highest BCUT2D eigenvalue weighted by atomic mass is 16.7. The molecule has 3 heterocycles. The van der Waals surface area contributed by atoms with Crippen LogP contribution in [0.1, 0.15) is 213 Å². The molecule has 3 aliphatic rings. The molecule has 0 aliphatic carbocycles. The zero-order valence-electron chi connectivity index (χ0n) is 60.2. The van der Waals surface area contributed by atoms with Gasteiger partial charge in [-0.3, -0.25) is 43.3 Å². The monoisotopic (exact) mass is 1430 g/mol. The van der Waals surface area contributed by atoms with E-state index >= 15 is 0 Å². The molecule has 4 amide bonds. The molecule has 3 aliphatic heterocycles. The third kappa shape index (κ3) is 36.5. The number of aliphatic hydroxyl groups excluding tert-OH is 9. The smallest absolute Gasteiger partial charge is 0.239 e. The van der Waals surface area contributed by atoms with Gasteiger partial charge in [-0.1, -0.05) is 91.4 Å². The Morgan fingerprint density at radius 3 is 1.08 bits per heavy atom. The van der Waals surface area contributed by atoms with Crippen LogP contribution in [0.4, 0.5) is 0 Å². The minimum Gasteiger partial charge on any atom is -0.394 e. The molecule has 3 rings (SSSR count). The summed E-state index contributed by atoms with van der Waals surface area (Å²) in [4.78, 5) is 108. The second kappa shape index (κ2) is 53.6. The van der Waals surface area contributed by atoms with E-state index in [0.29, 0.717) is 117 Å². The Hall–Kier alpha value is -4.12. The number of hydrogen-bond donors (Lipinski definition) is 13. The number of unbranched alkanes of at least 4 members (excludes halogenated alkanes) is 15. The first kappa shape index (κ1) is 90.1. The fraction of sp³-hybridized carbons (Fsp3) is 0.887. The number of aliphatic hydroxyl groups is 9. The van der Waals surface area contributed by atoms with Gasteiger partial charge in [0.25, 0.3) is 0 Å². The van der Waals surface area contributed by atoms with E-state index in [-0.39, 0.29) is 68.3 Å². The maximum absolute atomic E-state index is 14.4. The van der Waals surface area contributed by atoms with Gasteiger partial charge in [0, 0.05) is 122 Å². The third-order valence-corrected chi connectivity index (χ3v) is 18.9. The van der Waals surface area contributed by atoms with Crippen LogP contribution in [-0.2, 0) is 71.5 Å². The van der Waals surface area contributed by atoms with E-state index in [1.807, 2.05) is 0 Å². The third-order valence-electron chi connectivity index (χ3n) is 18.9. The standard InChI is InChI=1S/C71H127N5O24/c1-48-62(87)65(90)56(45-77)98-69(48)95-39-22-11-7-18-35-72-59(84)33-31-53(82)43-76(44-54(83)32-34-60(85)73-36-19-8-12-23-40-96-70-49(2)63(88)66(91)57(46-78)99-70)55(30-17-14-16-27-52(81)29-25-28-51(80)26-15-6-5-10-21-38-94-4)68(93)75-42-61(86)74-37-20-9-13-24-41-97-71-50(3)64(89)67(92)58(47-79)100-71/h48-50,55-58,62-67,69-71,77-79,87-92H,5-47H2,1-4H3,(H,72,84)(H,73,85)(H,74,86)(H,75,93). The second-order valence-corrected chi connectivity index (χ2v) is 27.4. The minimum absolute atomic E-state index is 0.0169. The Balaban J connectivity index is 1.61. The molecule has 16 atom stereocenters. The first-order valence-corrected chi connectivity index (χ1v) is 37.2. The summed E-state index contributed by atoms with van der Waals surface area (Å²) < 4.78 is 39.3. The number of ketones is 4. The number of carbonyl (C=O) groups excluding carboxylic acids is 8. The van der Waals surface area contributed by atoms with Crippen LogP contribution in [0.2, 0.25) is 0 Å². The molecule has 3 saturated heterocycles. The molecule has 0 aromatic heterocycles. The van der Waals surface area contributed by atoms with Gasteiger partial charge >= 0.3 is 0 Å². The number of methoxy groups -OCH3 is 1. The Kier molecular flexibility index (Phi) is 48.3. The molecule has 0 spiro atoms. The lowest BCUT2D eigenvalue weighted by molar-refractivity contribution is -0.282. The van der Waals surface area contributed by atoms with E-state index in [9.17, 15) is 84.3 Å². The van der Waals surface area contributed by atoms with Crippen molar-refractivity contribution in [2.24, 2.45) is 17.8 Å². The van der Waals surface area contributed by atoms with Gasteiger partial charge in [0.2, 0.25) is 23.6 Å². The Labute approximate surface area is 591 Å². The van der Waals surface area contributed by atoms with E-state index in [2.05, 4.69) is 21.3 Å². The van der Waals surface area contributed by atoms with Gasteiger partial charge in [0.05, 0.1) is 63.8 Å². The summed E-state index contributed by atoms with van der Waals surface area (Å²) >= 11 is 0. The van der Waals surface area contributed by atoms with Crippen LogP contribution in [0.15, 0.2) is 0 Å². The molecule has 0 bridgehead atoms. The van der Waals surface area contributed by atoms with E-state index in [1.54, 1.807) is 27.9 Å². The summed E-state index contributed by atoms with van der Waals surface area (Å²) in [5, 5.41) is 101. The zero-order chi connectivity index (χ0) is 73.6. The Bertz CT molecular complexity index is 2210. The fourth-order valence-corrected chi connectivity index (χ4v) is 12.3. The van der Waals surface area contributed by atoms with Crippen molar-refractivity contribution >= 4 is 46.8 Å². The molecule has 13 N–H and O–H groups in total. The number of nitrogens with zero attached hydrogens (tertiary/aromatic N) is 1. The van der Waals surface area contributed by atoms with Crippen molar-refractivity contribution in [2.45, 2.75) is 293 Å². The van der Waals surface area contributed by atoms with Crippen molar-refractivity contribution in [1.82, 2.24) is 26.2 Å². The molecule has 29 nitrogen and oxygen atoms in total. The predicted octanol–water partition coefficient (Wildman–Crippen LogP) is 2.02. The first-order valence-electron chi connectivity index (χ1n) is 37.2. The van der Waals surface area contributed by atoms with E-state index in [4.69, 9.17) is 33.2 Å². The molecule has 3 fully saturated rings. The largest absolute Gasteiger partial charge is 0.394 e. The van der Waals surface area contributed by atoms with Gasteiger partial charge in [-0.2, -0.15) is 0 Å². The number of carbonyl (C=O) groups is 8. The molecule has 29 heteroatoms. The molecule has 100 heavy (non-hydrogen) atoms. The molecule has 16 unspecified atom stereocenters. The summed E-state index contributed by atoms with van der Waals surface area (Å²) in [6.45, 7) is 5.03. The van der Waals surface area contributed by atoms with Gasteiger partial charge < -0.3 is 100 Å². The van der Waals surface area contributed by atoms with Crippen molar-refractivity contribution in [3.63, 3.8) is 0 Å². The van der Waals surface area contributed by atoms with E-state index in [1.165, 1.54) is 4.90 Å². The minimum atomic E-state index is -1.23. The summed E-state index contributed by atoms with van der Waals surface area (Å²) in [5.41, 5.74) is 0. The Morgan fingerprint density at radius 1 is 0.370 bits per heavy atom. The van der Waals surface area contributed by atoms with Crippen LogP contribution < -0.4 is 21.3 Å². The lowest BCUT2D eigenvalue weighted by Crippen LogP contribution is -2.55. The Morgan fingerprint density at radius 2 is 0.700 bits per heavy atom. The highest BCUT2D eigenvalue weighted by Gasteiger charge is 2.45. The number of Topliss-reactive ketones (excluding diaryl/α,β-unsaturated/α-hetero) is 4. The normalized spacial score (nSPS) is 25.7. The maximum atomic E-state index is 14.4. The number of ether oxygens (including phenoxy) is 7. The number of amides is 4. The highest BCUT2D eigenvalue weighted by molar-refractivity contribution is 5.91. The van der Waals surface area contributed by atoms with Gasteiger partial charge in [0.15, 0.2) is 18.9 Å². The molecular formula is C71H127N5O24. The molecule has 0 radical (unpaired) electrons. The summed E-state index contributed by atoms with van der Waals surface area (Å²) in [7, 11) is 1.68. The summed E-state index contributed by atoms with van der Waals surface area (Å²) in [5.74, 6) is -4.10. The van der Waals surface area contributed by atoms with Crippen molar-refractivity contribution in [1.29, 1.82) is 0 Å². The maximum Gasteiger partial charge on any atom is 0.239 e. The average Bonchev–Trinajstić information content (AvgIpc) is 0.838. The first-order chi connectivity index (χ1) is 48.1. The average molecular weight is 1430 g/mol. The van der Waals surface area contributed by atoms with Crippen molar-refractivity contribution in [3.05, 3.63) is 0 Å². The quantitative estimate of drug-likeness (QED) is 0.0387. The molecule has 0 aromatic carbocycles. The molecule has 0 saturated carbocycles. The number of nitrogens with one attached hydrogen (secondary N) is 4. The topological polar surface area (TPSA) is 435 Å². The van der Waals surface area contributed by atoms with Crippen LogP contribution in [0, 0.1) is 17.8 Å². The van der Waals surface area contributed by atoms with Crippen molar-refractivity contribution in [2.75, 3.05) is 92.6 Å². The summed E-state index contributed by atoms with van der Waals surface area (Å²) in [6, 6.07) is -1.12. The van der Waals surface area contributed by atoms with Crippen molar-refractivity contribution < 1.29 is 117 Å². The van der Waals surface area contributed by atoms with Crippen LogP contribution >= 0.6 is 0 Å². The number of rotatable bonds is 59. The van der Waals surface area contributed by atoms with Crippen molar-refractivity contribution in [3.8, 4) is 0 Å². The lowest BCUT2D eigenvalue weighted by atomic mass is 9.92. The predicted molar refractivity (Wildman–Crippen MR) is 366 cm³/mol. The van der Waals surface area contributed by atoms with Gasteiger partial charge in [0.1, 0.15) is 59.8 Å². The van der Waals surface area contributed by atoms with Gasteiger partial charge in [-0.15, -0.1) is 0 Å². The lowest BCUT2D eigenvalue weighted by Gasteiger charge is -2.40. The van der Waals surface area contributed by atoms with Gasteiger partial charge in [-0.25, -0.2) is 0 Å².